The van der Waals surface area contributed by atoms with E-state index in [1.807, 2.05) is 4.90 Å². The van der Waals surface area contributed by atoms with Crippen molar-refractivity contribution >= 4 is 27.8 Å². The summed E-state index contributed by atoms with van der Waals surface area (Å²) in [5.41, 5.74) is 5.33. The fourth-order valence-electron chi connectivity index (χ4n) is 1.90. The van der Waals surface area contributed by atoms with Gasteiger partial charge in [0.2, 0.25) is 16.6 Å². The Morgan fingerprint density at radius 1 is 1.67 bits per heavy atom. The van der Waals surface area contributed by atoms with Gasteiger partial charge in [0.25, 0.3) is 0 Å². The number of nitrogens with zero attached hydrogens (tertiary/aromatic N) is 4. The maximum Gasteiger partial charge on any atom is 0.240 e. The Bertz CT molecular complexity index is 390. The summed E-state index contributed by atoms with van der Waals surface area (Å²) in [7, 11) is 1.80. The van der Waals surface area contributed by atoms with Crippen molar-refractivity contribution in [3.63, 3.8) is 0 Å². The second-order valence-corrected chi connectivity index (χ2v) is 4.27. The van der Waals surface area contributed by atoms with E-state index in [-0.39, 0.29) is 11.9 Å². The molecule has 1 amide bonds. The molecule has 2 N–H and O–H groups in total. The molecule has 1 atom stereocenters. The predicted molar refractivity (Wildman–Crippen MR) is 58.3 cm³/mol. The zero-order chi connectivity index (χ0) is 11.0. The van der Waals surface area contributed by atoms with Crippen LogP contribution in [-0.2, 0) is 11.8 Å². The molecular weight excluding hydrogens is 262 g/mol. The number of hydrogen-bond acceptors (Lipinski definition) is 4. The lowest BCUT2D eigenvalue weighted by Crippen LogP contribution is -2.41. The molecule has 82 valence electrons. The van der Waals surface area contributed by atoms with E-state index in [1.54, 1.807) is 11.7 Å². The molecule has 2 rings (SSSR count). The van der Waals surface area contributed by atoms with Gasteiger partial charge in [-0.05, 0) is 28.8 Å². The van der Waals surface area contributed by atoms with Gasteiger partial charge in [-0.3, -0.25) is 4.79 Å². The van der Waals surface area contributed by atoms with E-state index in [4.69, 9.17) is 5.73 Å². The number of carbonyl (C=O) groups is 1. The number of hydrogen-bond donors (Lipinski definition) is 1. The zero-order valence-electron chi connectivity index (χ0n) is 8.35. The molecule has 1 saturated heterocycles. The zero-order valence-corrected chi connectivity index (χ0v) is 9.94. The normalized spacial score (nSPS) is 20.9. The molecule has 7 heteroatoms. The monoisotopic (exact) mass is 273 g/mol. The molecule has 1 fully saturated rings. The summed E-state index contributed by atoms with van der Waals surface area (Å²) >= 11 is 3.20. The summed E-state index contributed by atoms with van der Waals surface area (Å²) in [6.07, 6.45) is 1.75. The minimum Gasteiger partial charge on any atom is -0.368 e. The molecular formula is C8H12BrN5O. The highest BCUT2D eigenvalue weighted by Gasteiger charge is 2.31. The first-order valence-electron chi connectivity index (χ1n) is 4.72. The van der Waals surface area contributed by atoms with Crippen molar-refractivity contribution in [3.8, 4) is 0 Å². The Morgan fingerprint density at radius 3 is 2.93 bits per heavy atom. The van der Waals surface area contributed by atoms with Crippen LogP contribution < -0.4 is 10.6 Å². The fourth-order valence-corrected chi connectivity index (χ4v) is 2.29. The smallest absolute Gasteiger partial charge is 0.240 e. The third-order valence-electron chi connectivity index (χ3n) is 2.55. The average Bonchev–Trinajstić information content (AvgIpc) is 2.71. The molecule has 1 aliphatic heterocycles. The summed E-state index contributed by atoms with van der Waals surface area (Å²) in [5, 5.41) is 4.08. The predicted octanol–water partition coefficient (Wildman–Crippen LogP) is 0.0317. The number of rotatable bonds is 2. The molecule has 2 heterocycles. The molecule has 0 aromatic carbocycles. The molecule has 1 aliphatic rings. The summed E-state index contributed by atoms with van der Waals surface area (Å²) in [4.78, 5) is 17.3. The summed E-state index contributed by atoms with van der Waals surface area (Å²) in [5.74, 6) is 0.384. The lowest BCUT2D eigenvalue weighted by Gasteiger charge is -2.21. The van der Waals surface area contributed by atoms with Crippen LogP contribution in [0, 0.1) is 0 Å². The van der Waals surface area contributed by atoms with Crippen molar-refractivity contribution in [2.45, 2.75) is 18.9 Å². The van der Waals surface area contributed by atoms with Gasteiger partial charge in [0.05, 0.1) is 0 Å². The van der Waals surface area contributed by atoms with Crippen molar-refractivity contribution in [2.75, 3.05) is 11.4 Å². The van der Waals surface area contributed by atoms with Gasteiger partial charge in [0.15, 0.2) is 0 Å². The third-order valence-corrected chi connectivity index (χ3v) is 2.89. The Labute approximate surface area is 95.6 Å². The highest BCUT2D eigenvalue weighted by Crippen LogP contribution is 2.24. The minimum atomic E-state index is -0.299. The summed E-state index contributed by atoms with van der Waals surface area (Å²) < 4.78 is 2.17. The van der Waals surface area contributed by atoms with Crippen LogP contribution in [0.4, 0.5) is 5.95 Å². The van der Waals surface area contributed by atoms with E-state index in [0.717, 1.165) is 19.4 Å². The second kappa shape index (κ2) is 3.80. The largest absolute Gasteiger partial charge is 0.368 e. The molecule has 1 aromatic heterocycles. The van der Waals surface area contributed by atoms with Gasteiger partial charge in [0, 0.05) is 13.6 Å². The van der Waals surface area contributed by atoms with Crippen LogP contribution in [0.1, 0.15) is 12.8 Å². The van der Waals surface area contributed by atoms with E-state index >= 15 is 0 Å². The molecule has 0 bridgehead atoms. The van der Waals surface area contributed by atoms with Crippen molar-refractivity contribution in [1.29, 1.82) is 0 Å². The van der Waals surface area contributed by atoms with Gasteiger partial charge in [-0.2, -0.15) is 4.98 Å². The van der Waals surface area contributed by atoms with Gasteiger partial charge in [-0.1, -0.05) is 0 Å². The van der Waals surface area contributed by atoms with E-state index in [9.17, 15) is 4.79 Å². The second-order valence-electron chi connectivity index (χ2n) is 3.56. The molecule has 0 spiro atoms. The number of aromatic nitrogens is 3. The van der Waals surface area contributed by atoms with Gasteiger partial charge in [0.1, 0.15) is 6.04 Å². The molecule has 0 saturated carbocycles. The molecule has 0 aliphatic carbocycles. The minimum absolute atomic E-state index is 0.250. The molecule has 15 heavy (non-hydrogen) atoms. The number of halogens is 1. The van der Waals surface area contributed by atoms with E-state index < -0.39 is 0 Å². The van der Waals surface area contributed by atoms with Crippen LogP contribution in [0.2, 0.25) is 0 Å². The van der Waals surface area contributed by atoms with Gasteiger partial charge < -0.3 is 10.6 Å². The van der Waals surface area contributed by atoms with Gasteiger partial charge >= 0.3 is 0 Å². The fraction of sp³-hybridized carbons (Fsp3) is 0.625. The number of nitrogens with two attached hydrogens (primary N) is 1. The van der Waals surface area contributed by atoms with Crippen LogP contribution in [0.5, 0.6) is 0 Å². The van der Waals surface area contributed by atoms with Crippen LogP contribution >= 0.6 is 15.9 Å². The Kier molecular flexibility index (Phi) is 2.64. The number of amides is 1. The maximum atomic E-state index is 11.2. The highest BCUT2D eigenvalue weighted by atomic mass is 79.9. The maximum absolute atomic E-state index is 11.2. The van der Waals surface area contributed by atoms with Crippen molar-refractivity contribution in [1.82, 2.24) is 14.8 Å². The number of anilines is 1. The van der Waals surface area contributed by atoms with E-state index in [2.05, 4.69) is 26.0 Å². The van der Waals surface area contributed by atoms with E-state index in [1.165, 1.54) is 0 Å². The lowest BCUT2D eigenvalue weighted by atomic mass is 10.2. The number of aryl methyl sites for hydroxylation is 1. The Balaban J connectivity index is 2.30. The number of carbonyl (C=O) groups excluding carboxylic acids is 1. The molecule has 1 aromatic rings. The molecule has 0 radical (unpaired) electrons. The summed E-state index contributed by atoms with van der Waals surface area (Å²) in [6.45, 7) is 0.798. The Morgan fingerprint density at radius 2 is 2.40 bits per heavy atom. The standard InChI is InChI=1S/C8H12BrN5O/c1-13-8(11-7(9)12-13)14-4-2-3-5(14)6(10)15/h5H,2-4H2,1H3,(H2,10,15). The SMILES string of the molecule is Cn1nc(Br)nc1N1CCCC1C(N)=O. The molecule has 1 unspecified atom stereocenters. The van der Waals surface area contributed by atoms with Gasteiger partial charge in [-0.25, -0.2) is 4.68 Å². The van der Waals surface area contributed by atoms with Crippen LogP contribution in [-0.4, -0.2) is 33.3 Å². The van der Waals surface area contributed by atoms with Crippen LogP contribution in [0.3, 0.4) is 0 Å². The lowest BCUT2D eigenvalue weighted by molar-refractivity contribution is -0.119. The first-order chi connectivity index (χ1) is 7.09. The third kappa shape index (κ3) is 1.83. The van der Waals surface area contributed by atoms with Gasteiger partial charge in [-0.15, -0.1) is 5.10 Å². The van der Waals surface area contributed by atoms with Crippen molar-refractivity contribution in [2.24, 2.45) is 12.8 Å². The number of primary amides is 1. The first kappa shape index (κ1) is 10.4. The van der Waals surface area contributed by atoms with Crippen LogP contribution in [0.15, 0.2) is 4.73 Å². The highest BCUT2D eigenvalue weighted by molar-refractivity contribution is 9.10. The Hall–Kier alpha value is -1.11. The van der Waals surface area contributed by atoms with Crippen molar-refractivity contribution < 1.29 is 4.79 Å². The van der Waals surface area contributed by atoms with Crippen LogP contribution in [0.25, 0.3) is 0 Å². The average molecular weight is 274 g/mol. The summed E-state index contributed by atoms with van der Waals surface area (Å²) in [6, 6.07) is -0.250. The topological polar surface area (TPSA) is 77.0 Å². The quantitative estimate of drug-likeness (QED) is 0.825. The molecule has 6 nitrogen and oxygen atoms in total. The van der Waals surface area contributed by atoms with Crippen molar-refractivity contribution in [3.05, 3.63) is 4.73 Å². The first-order valence-corrected chi connectivity index (χ1v) is 5.51. The van der Waals surface area contributed by atoms with E-state index in [0.29, 0.717) is 10.7 Å².